The highest BCUT2D eigenvalue weighted by Gasteiger charge is 2.35. The molecule has 1 N–H and O–H groups in total. The average Bonchev–Trinajstić information content (AvgIpc) is 3.31. The van der Waals surface area contributed by atoms with Crippen molar-refractivity contribution in [1.82, 2.24) is 14.8 Å². The Morgan fingerprint density at radius 2 is 1.93 bits per heavy atom. The van der Waals surface area contributed by atoms with Gasteiger partial charge in [-0.3, -0.25) is 4.79 Å². The van der Waals surface area contributed by atoms with Crippen molar-refractivity contribution in [1.29, 1.82) is 0 Å². The highest BCUT2D eigenvalue weighted by atomic mass is 32.2. The smallest absolute Gasteiger partial charge is 0.248 e. The normalized spacial score (nSPS) is 17.4. The van der Waals surface area contributed by atoms with Gasteiger partial charge in [-0.15, -0.1) is 0 Å². The first kappa shape index (κ1) is 19.7. The summed E-state index contributed by atoms with van der Waals surface area (Å²) in [6.45, 7) is 4.36. The van der Waals surface area contributed by atoms with Crippen LogP contribution in [0.15, 0.2) is 27.6 Å². The zero-order valence-corrected chi connectivity index (χ0v) is 17.1. The Morgan fingerprint density at radius 1 is 1.21 bits per heavy atom. The van der Waals surface area contributed by atoms with E-state index >= 15 is 0 Å². The van der Waals surface area contributed by atoms with E-state index in [1.807, 2.05) is 18.2 Å². The van der Waals surface area contributed by atoms with Crippen molar-refractivity contribution in [3.63, 3.8) is 0 Å². The van der Waals surface area contributed by atoms with Gasteiger partial charge in [0.25, 0.3) is 0 Å². The molecule has 9 nitrogen and oxygen atoms in total. The van der Waals surface area contributed by atoms with Crippen LogP contribution in [-0.2, 0) is 21.4 Å². The molecule has 0 unspecified atom stereocenters. The van der Waals surface area contributed by atoms with Crippen LogP contribution in [0.1, 0.15) is 29.9 Å². The second-order valence-electron chi connectivity index (χ2n) is 7.24. The lowest BCUT2D eigenvalue weighted by Crippen LogP contribution is -2.43. The highest BCUT2D eigenvalue weighted by molar-refractivity contribution is 7.89. The molecule has 2 aliphatic rings. The maximum atomic E-state index is 12.9. The number of amides is 1. The molecule has 2 aromatic rings. The minimum absolute atomic E-state index is 0.0722. The Labute approximate surface area is 169 Å². The largest absolute Gasteiger partial charge is 0.454 e. The summed E-state index contributed by atoms with van der Waals surface area (Å²) in [6.07, 6.45) is 0.936. The van der Waals surface area contributed by atoms with Crippen LogP contribution in [0.3, 0.4) is 0 Å². The lowest BCUT2D eigenvalue weighted by molar-refractivity contribution is -0.126. The summed E-state index contributed by atoms with van der Waals surface area (Å²) in [5.74, 6) is 1.37. The van der Waals surface area contributed by atoms with Crippen molar-refractivity contribution in [3.05, 3.63) is 35.2 Å². The van der Waals surface area contributed by atoms with Crippen molar-refractivity contribution in [3.8, 4) is 11.5 Å². The molecule has 0 aliphatic carbocycles. The van der Waals surface area contributed by atoms with Crippen LogP contribution in [0, 0.1) is 19.8 Å². The van der Waals surface area contributed by atoms with E-state index in [1.165, 1.54) is 4.31 Å². The van der Waals surface area contributed by atoms with Gasteiger partial charge in [0.2, 0.25) is 22.7 Å². The maximum absolute atomic E-state index is 12.9. The maximum Gasteiger partial charge on any atom is 0.248 e. The molecule has 29 heavy (non-hydrogen) atoms. The fraction of sp³-hybridized carbons (Fsp3) is 0.474. The minimum Gasteiger partial charge on any atom is -0.454 e. The Hall–Kier alpha value is -2.59. The van der Waals surface area contributed by atoms with E-state index in [2.05, 4.69) is 10.5 Å². The average molecular weight is 421 g/mol. The third-order valence-electron chi connectivity index (χ3n) is 5.29. The molecule has 1 aromatic carbocycles. The number of rotatable bonds is 5. The van der Waals surface area contributed by atoms with E-state index in [0.717, 1.165) is 5.56 Å². The van der Waals surface area contributed by atoms with E-state index in [-0.39, 0.29) is 42.4 Å². The number of hydrogen-bond acceptors (Lipinski definition) is 7. The number of benzene rings is 1. The fourth-order valence-electron chi connectivity index (χ4n) is 3.71. The van der Waals surface area contributed by atoms with Gasteiger partial charge in [0.1, 0.15) is 10.6 Å². The summed E-state index contributed by atoms with van der Waals surface area (Å²) >= 11 is 0. The number of aryl methyl sites for hydroxylation is 2. The first-order valence-electron chi connectivity index (χ1n) is 9.45. The first-order chi connectivity index (χ1) is 13.9. The monoisotopic (exact) mass is 421 g/mol. The number of sulfonamides is 1. The quantitative estimate of drug-likeness (QED) is 0.783. The molecule has 0 spiro atoms. The zero-order valence-electron chi connectivity index (χ0n) is 16.3. The fourth-order valence-corrected chi connectivity index (χ4v) is 5.48. The van der Waals surface area contributed by atoms with E-state index in [1.54, 1.807) is 13.8 Å². The Morgan fingerprint density at radius 3 is 2.62 bits per heavy atom. The molecule has 4 rings (SSSR count). The molecule has 1 saturated heterocycles. The molecule has 1 amide bonds. The van der Waals surface area contributed by atoms with Crippen molar-refractivity contribution >= 4 is 15.9 Å². The summed E-state index contributed by atoms with van der Waals surface area (Å²) < 4.78 is 42.8. The molecular formula is C19H23N3O6S. The topological polar surface area (TPSA) is 111 Å². The van der Waals surface area contributed by atoms with Crippen molar-refractivity contribution in [2.75, 3.05) is 19.9 Å². The van der Waals surface area contributed by atoms with E-state index in [0.29, 0.717) is 36.6 Å². The lowest BCUT2D eigenvalue weighted by atomic mass is 9.97. The number of piperidine rings is 1. The molecule has 3 heterocycles. The number of carbonyl (C=O) groups is 1. The molecule has 0 radical (unpaired) electrons. The van der Waals surface area contributed by atoms with Gasteiger partial charge >= 0.3 is 0 Å². The molecule has 0 saturated carbocycles. The number of ether oxygens (including phenoxy) is 2. The zero-order chi connectivity index (χ0) is 20.6. The lowest BCUT2D eigenvalue weighted by Gasteiger charge is -2.30. The van der Waals surface area contributed by atoms with Gasteiger partial charge in [-0.1, -0.05) is 11.2 Å². The Bertz CT molecular complexity index is 1010. The number of aromatic nitrogens is 1. The van der Waals surface area contributed by atoms with Crippen LogP contribution in [0.4, 0.5) is 0 Å². The van der Waals surface area contributed by atoms with E-state index < -0.39 is 10.0 Å². The molecule has 10 heteroatoms. The van der Waals surface area contributed by atoms with Crippen LogP contribution < -0.4 is 14.8 Å². The van der Waals surface area contributed by atoms with Gasteiger partial charge in [-0.25, -0.2) is 8.42 Å². The van der Waals surface area contributed by atoms with Crippen molar-refractivity contribution in [2.24, 2.45) is 5.92 Å². The second kappa shape index (κ2) is 7.68. The minimum atomic E-state index is -3.67. The summed E-state index contributed by atoms with van der Waals surface area (Å²) in [6, 6.07) is 5.55. The van der Waals surface area contributed by atoms with Crippen molar-refractivity contribution < 1.29 is 27.2 Å². The number of nitrogens with one attached hydrogen (secondary N) is 1. The Balaban J connectivity index is 1.33. The number of nitrogens with zero attached hydrogens (tertiary/aromatic N) is 2. The number of fused-ring (bicyclic) bond motifs is 1. The predicted octanol–water partition coefficient (Wildman–Crippen LogP) is 1.74. The number of hydrogen-bond donors (Lipinski definition) is 1. The molecule has 156 valence electrons. The van der Waals surface area contributed by atoms with Gasteiger partial charge in [0.15, 0.2) is 17.3 Å². The summed E-state index contributed by atoms with van der Waals surface area (Å²) in [7, 11) is -3.67. The molecule has 2 aliphatic heterocycles. The summed E-state index contributed by atoms with van der Waals surface area (Å²) in [4.78, 5) is 12.7. The summed E-state index contributed by atoms with van der Waals surface area (Å²) in [5.41, 5.74) is 1.27. The molecular weight excluding hydrogens is 398 g/mol. The third kappa shape index (κ3) is 3.82. The molecule has 1 aromatic heterocycles. The van der Waals surface area contributed by atoms with Crippen LogP contribution >= 0.6 is 0 Å². The predicted molar refractivity (Wildman–Crippen MR) is 102 cm³/mol. The van der Waals surface area contributed by atoms with Crippen LogP contribution in [0.5, 0.6) is 11.5 Å². The van der Waals surface area contributed by atoms with Gasteiger partial charge in [0.05, 0.1) is 0 Å². The molecule has 1 fully saturated rings. The Kier molecular flexibility index (Phi) is 5.22. The first-order valence-corrected chi connectivity index (χ1v) is 10.9. The van der Waals surface area contributed by atoms with Crippen LogP contribution in [0.25, 0.3) is 0 Å². The highest BCUT2D eigenvalue weighted by Crippen LogP contribution is 2.32. The van der Waals surface area contributed by atoms with Gasteiger partial charge in [0, 0.05) is 25.6 Å². The van der Waals surface area contributed by atoms with E-state index in [9.17, 15) is 13.2 Å². The SMILES string of the molecule is Cc1noc(C)c1S(=O)(=O)N1CCC(C(=O)NCc2ccc3c(c2)OCO3)CC1. The summed E-state index contributed by atoms with van der Waals surface area (Å²) in [5, 5.41) is 6.66. The number of carbonyl (C=O) groups excluding carboxylic acids is 1. The third-order valence-corrected chi connectivity index (χ3v) is 7.44. The van der Waals surface area contributed by atoms with E-state index in [4.69, 9.17) is 14.0 Å². The van der Waals surface area contributed by atoms with Gasteiger partial charge in [-0.05, 0) is 44.4 Å². The van der Waals surface area contributed by atoms with Crippen molar-refractivity contribution in [2.45, 2.75) is 38.1 Å². The van der Waals surface area contributed by atoms with Crippen LogP contribution in [-0.4, -0.2) is 43.7 Å². The molecule has 0 bridgehead atoms. The standard InChI is InChI=1S/C19H23N3O6S/c1-12-18(13(2)28-21-12)29(24,25)22-7-5-15(6-8-22)19(23)20-10-14-3-4-16-17(9-14)27-11-26-16/h3-4,9,15H,5-8,10-11H2,1-2H3,(H,20,23). The van der Waals surface area contributed by atoms with Gasteiger partial charge in [-0.2, -0.15) is 4.31 Å². The second-order valence-corrected chi connectivity index (χ2v) is 9.11. The molecule has 0 atom stereocenters. The van der Waals surface area contributed by atoms with Crippen LogP contribution in [0.2, 0.25) is 0 Å². The van der Waals surface area contributed by atoms with Gasteiger partial charge < -0.3 is 19.3 Å².